The van der Waals surface area contributed by atoms with Crippen molar-refractivity contribution >= 4 is 29.2 Å². The number of anilines is 3. The van der Waals surface area contributed by atoms with E-state index in [2.05, 4.69) is 20.9 Å². The van der Waals surface area contributed by atoms with E-state index in [1.807, 2.05) is 0 Å². The number of amides is 2. The van der Waals surface area contributed by atoms with Gasteiger partial charge in [0.25, 0.3) is 0 Å². The maximum absolute atomic E-state index is 13.2. The van der Waals surface area contributed by atoms with Crippen molar-refractivity contribution in [1.29, 1.82) is 0 Å². The second-order valence-electron chi connectivity index (χ2n) is 8.35. The second-order valence-corrected chi connectivity index (χ2v) is 8.35. The number of nitrogens with two attached hydrogens (primary N) is 1. The molecule has 0 aliphatic carbocycles. The van der Waals surface area contributed by atoms with E-state index in [1.54, 1.807) is 30.3 Å². The van der Waals surface area contributed by atoms with E-state index in [0.29, 0.717) is 11.3 Å². The minimum absolute atomic E-state index is 0.0153. The van der Waals surface area contributed by atoms with Crippen molar-refractivity contribution < 1.29 is 32.2 Å². The number of carbonyl (C=O) groups excluding carboxylic acids is 2. The Balaban J connectivity index is 1.36. The SMILES string of the molecule is Nc1cccc(OC(=O)N[C@@]2(C(=O)NCc3ccc(Nc4ccccc4C(F)(F)F)cc3)CCOC2)n1. The van der Waals surface area contributed by atoms with Gasteiger partial charge in [0.05, 0.1) is 17.9 Å². The van der Waals surface area contributed by atoms with Crippen LogP contribution in [0.5, 0.6) is 5.88 Å². The van der Waals surface area contributed by atoms with Crippen molar-refractivity contribution in [2.45, 2.75) is 24.7 Å². The molecule has 1 aliphatic rings. The van der Waals surface area contributed by atoms with Crippen LogP contribution >= 0.6 is 0 Å². The minimum atomic E-state index is -4.49. The lowest BCUT2D eigenvalue weighted by atomic mass is 9.97. The molecule has 4 rings (SSSR count). The largest absolute Gasteiger partial charge is 0.418 e. The average molecular weight is 515 g/mol. The number of para-hydroxylation sites is 1. The van der Waals surface area contributed by atoms with Crippen LogP contribution < -0.4 is 26.4 Å². The zero-order valence-electron chi connectivity index (χ0n) is 19.5. The third-order valence-electron chi connectivity index (χ3n) is 5.66. The first-order valence-electron chi connectivity index (χ1n) is 11.3. The number of nitrogens with zero attached hydrogens (tertiary/aromatic N) is 1. The van der Waals surface area contributed by atoms with Gasteiger partial charge in [-0.05, 0) is 35.9 Å². The molecule has 0 radical (unpaired) electrons. The molecule has 2 aromatic carbocycles. The van der Waals surface area contributed by atoms with Crippen LogP contribution in [0.2, 0.25) is 0 Å². The maximum atomic E-state index is 13.2. The predicted molar refractivity (Wildman–Crippen MR) is 129 cm³/mol. The van der Waals surface area contributed by atoms with E-state index in [-0.39, 0.29) is 43.6 Å². The van der Waals surface area contributed by atoms with Gasteiger partial charge in [0.1, 0.15) is 11.4 Å². The summed E-state index contributed by atoms with van der Waals surface area (Å²) in [6.45, 7) is 0.345. The molecule has 0 unspecified atom stereocenters. The molecule has 2 heterocycles. The summed E-state index contributed by atoms with van der Waals surface area (Å²) in [5, 5.41) is 8.10. The summed E-state index contributed by atoms with van der Waals surface area (Å²) >= 11 is 0. The minimum Gasteiger partial charge on any atom is -0.391 e. The Morgan fingerprint density at radius 1 is 1.05 bits per heavy atom. The molecule has 3 aromatic rings. The number of benzene rings is 2. The molecule has 5 N–H and O–H groups in total. The van der Waals surface area contributed by atoms with E-state index in [4.69, 9.17) is 15.2 Å². The Labute approximate surface area is 210 Å². The Bertz CT molecular complexity index is 1260. The first-order valence-corrected chi connectivity index (χ1v) is 11.3. The van der Waals surface area contributed by atoms with Gasteiger partial charge in [0.2, 0.25) is 11.8 Å². The van der Waals surface area contributed by atoms with E-state index in [0.717, 1.165) is 6.07 Å². The number of hydrogen-bond donors (Lipinski definition) is 4. The third kappa shape index (κ3) is 6.47. The molecule has 2 amide bonds. The van der Waals surface area contributed by atoms with Gasteiger partial charge in [0.15, 0.2) is 0 Å². The highest BCUT2D eigenvalue weighted by Gasteiger charge is 2.44. The number of alkyl halides is 3. The number of rotatable bonds is 7. The zero-order chi connectivity index (χ0) is 26.5. The standard InChI is InChI=1S/C25H24F3N5O4/c26-25(27,28)18-4-1-2-5-19(18)31-17-10-8-16(9-11-17)14-30-22(34)24(12-13-36-15-24)33-23(35)37-21-7-3-6-20(29)32-21/h1-11,31H,12-15H2,(H2,29,32)(H,30,34)(H,33,35)/t24-/m0/s1. The van der Waals surface area contributed by atoms with E-state index in [9.17, 15) is 22.8 Å². The number of nitrogen functional groups attached to an aromatic ring is 1. The lowest BCUT2D eigenvalue weighted by Crippen LogP contribution is -2.59. The van der Waals surface area contributed by atoms with Crippen LogP contribution in [0.25, 0.3) is 0 Å². The number of pyridine rings is 1. The Morgan fingerprint density at radius 3 is 2.49 bits per heavy atom. The van der Waals surface area contributed by atoms with E-state index < -0.39 is 29.3 Å². The van der Waals surface area contributed by atoms with Gasteiger partial charge in [-0.1, -0.05) is 30.3 Å². The van der Waals surface area contributed by atoms with Gasteiger partial charge in [0, 0.05) is 31.3 Å². The van der Waals surface area contributed by atoms with Crippen molar-refractivity contribution in [3.63, 3.8) is 0 Å². The summed E-state index contributed by atoms with van der Waals surface area (Å²) in [5.74, 6) is -0.310. The normalized spacial score (nSPS) is 17.2. The predicted octanol–water partition coefficient (Wildman–Crippen LogP) is 3.99. The van der Waals surface area contributed by atoms with Crippen LogP contribution in [0, 0.1) is 0 Å². The summed E-state index contributed by atoms with van der Waals surface area (Å²) in [6, 6.07) is 16.3. The first kappa shape index (κ1) is 25.8. The van der Waals surface area contributed by atoms with E-state index in [1.165, 1.54) is 30.3 Å². The first-order chi connectivity index (χ1) is 17.6. The topological polar surface area (TPSA) is 128 Å². The highest BCUT2D eigenvalue weighted by Crippen LogP contribution is 2.35. The smallest absolute Gasteiger partial charge is 0.391 e. The summed E-state index contributed by atoms with van der Waals surface area (Å²) < 4.78 is 50.2. The molecule has 9 nitrogen and oxygen atoms in total. The maximum Gasteiger partial charge on any atom is 0.418 e. The van der Waals surface area contributed by atoms with Crippen LogP contribution in [-0.2, 0) is 22.3 Å². The van der Waals surface area contributed by atoms with Gasteiger partial charge >= 0.3 is 12.3 Å². The molecule has 194 valence electrons. The number of halogens is 3. The lowest BCUT2D eigenvalue weighted by molar-refractivity contribution is -0.137. The molecule has 1 aromatic heterocycles. The fourth-order valence-corrected chi connectivity index (χ4v) is 3.76. The Kier molecular flexibility index (Phi) is 7.48. The summed E-state index contributed by atoms with van der Waals surface area (Å²) in [4.78, 5) is 29.3. The summed E-state index contributed by atoms with van der Waals surface area (Å²) in [6.07, 6.45) is -5.13. The van der Waals surface area contributed by atoms with Crippen molar-refractivity contribution in [2.75, 3.05) is 24.3 Å². The fraction of sp³-hybridized carbons (Fsp3) is 0.240. The zero-order valence-corrected chi connectivity index (χ0v) is 19.5. The summed E-state index contributed by atoms with van der Waals surface area (Å²) in [5.41, 5.74) is 4.56. The van der Waals surface area contributed by atoms with Crippen molar-refractivity contribution in [3.05, 3.63) is 77.9 Å². The van der Waals surface area contributed by atoms with Crippen LogP contribution in [0.15, 0.2) is 66.7 Å². The highest BCUT2D eigenvalue weighted by atomic mass is 19.4. The van der Waals surface area contributed by atoms with Crippen molar-refractivity contribution in [1.82, 2.24) is 15.6 Å². The molecule has 0 spiro atoms. The Morgan fingerprint density at radius 2 is 1.81 bits per heavy atom. The molecule has 1 aliphatic heterocycles. The molecule has 1 fully saturated rings. The van der Waals surface area contributed by atoms with Crippen molar-refractivity contribution in [3.8, 4) is 5.88 Å². The number of nitrogens with one attached hydrogen (secondary N) is 3. The van der Waals surface area contributed by atoms with Gasteiger partial charge in [-0.3, -0.25) is 4.79 Å². The van der Waals surface area contributed by atoms with Gasteiger partial charge < -0.3 is 31.2 Å². The van der Waals surface area contributed by atoms with Crippen LogP contribution in [0.3, 0.4) is 0 Å². The molecular formula is C25H24F3N5O4. The quantitative estimate of drug-likeness (QED) is 0.375. The average Bonchev–Trinajstić information content (AvgIpc) is 3.32. The Hall–Kier alpha value is -4.32. The fourth-order valence-electron chi connectivity index (χ4n) is 3.76. The van der Waals surface area contributed by atoms with Crippen LogP contribution in [0.1, 0.15) is 17.5 Å². The number of carbonyl (C=O) groups is 2. The molecule has 0 saturated carbocycles. The second kappa shape index (κ2) is 10.7. The molecule has 12 heteroatoms. The highest BCUT2D eigenvalue weighted by molar-refractivity contribution is 5.90. The van der Waals surface area contributed by atoms with Gasteiger partial charge in [-0.2, -0.15) is 18.2 Å². The molecular weight excluding hydrogens is 491 g/mol. The molecule has 1 saturated heterocycles. The number of aromatic nitrogens is 1. The van der Waals surface area contributed by atoms with Crippen molar-refractivity contribution in [2.24, 2.45) is 0 Å². The van der Waals surface area contributed by atoms with Crippen LogP contribution in [0.4, 0.5) is 35.2 Å². The molecule has 1 atom stereocenters. The van der Waals surface area contributed by atoms with Gasteiger partial charge in [-0.15, -0.1) is 0 Å². The van der Waals surface area contributed by atoms with E-state index >= 15 is 0 Å². The number of hydrogen-bond acceptors (Lipinski definition) is 7. The molecule has 0 bridgehead atoms. The monoisotopic (exact) mass is 515 g/mol. The number of ether oxygens (including phenoxy) is 2. The third-order valence-corrected chi connectivity index (χ3v) is 5.66. The lowest BCUT2D eigenvalue weighted by Gasteiger charge is -2.27. The molecule has 37 heavy (non-hydrogen) atoms. The van der Waals surface area contributed by atoms with Crippen LogP contribution in [-0.4, -0.2) is 35.7 Å². The summed E-state index contributed by atoms with van der Waals surface area (Å²) in [7, 11) is 0. The van der Waals surface area contributed by atoms with Gasteiger partial charge in [-0.25, -0.2) is 4.79 Å².